The third kappa shape index (κ3) is 2.91. The van der Waals surface area contributed by atoms with Crippen molar-refractivity contribution in [3.8, 4) is 11.4 Å². The van der Waals surface area contributed by atoms with Gasteiger partial charge in [-0.15, -0.1) is 5.10 Å². The quantitative estimate of drug-likeness (QED) is 0.880. The van der Waals surface area contributed by atoms with Gasteiger partial charge >= 0.3 is 0 Å². The molecule has 0 saturated heterocycles. The zero-order valence-corrected chi connectivity index (χ0v) is 12.8. The maximum absolute atomic E-state index is 5.83. The number of benzene rings is 1. The lowest BCUT2D eigenvalue weighted by molar-refractivity contribution is 0.221. The normalized spacial score (nSPS) is 22.4. The van der Waals surface area contributed by atoms with Crippen LogP contribution < -0.4 is 5.73 Å². The van der Waals surface area contributed by atoms with E-state index in [1.165, 1.54) is 25.7 Å². The molecule has 1 fully saturated rings. The van der Waals surface area contributed by atoms with Crippen molar-refractivity contribution in [1.82, 2.24) is 20.2 Å². The van der Waals surface area contributed by atoms with Crippen molar-refractivity contribution < 1.29 is 0 Å². The van der Waals surface area contributed by atoms with E-state index < -0.39 is 0 Å². The van der Waals surface area contributed by atoms with Crippen molar-refractivity contribution in [3.63, 3.8) is 0 Å². The molecule has 1 aliphatic carbocycles. The summed E-state index contributed by atoms with van der Waals surface area (Å²) < 4.78 is 1.96. The minimum atomic E-state index is 0.676. The summed E-state index contributed by atoms with van der Waals surface area (Å²) in [4.78, 5) is 0. The molecule has 2 unspecified atom stereocenters. The van der Waals surface area contributed by atoms with Crippen molar-refractivity contribution in [1.29, 1.82) is 0 Å². The Morgan fingerprint density at radius 2 is 2.10 bits per heavy atom. The van der Waals surface area contributed by atoms with Gasteiger partial charge in [0, 0.05) is 17.8 Å². The molecular weight excluding hydrogens is 262 g/mol. The number of nitrogens with two attached hydrogens (primary N) is 1. The fraction of sp³-hybridized carbons (Fsp3) is 0.562. The molecule has 2 atom stereocenters. The lowest BCUT2D eigenvalue weighted by Gasteiger charge is -2.28. The third-order valence-corrected chi connectivity index (χ3v) is 4.72. The fourth-order valence-electron chi connectivity index (χ4n) is 3.34. The minimum absolute atomic E-state index is 0.676. The van der Waals surface area contributed by atoms with Crippen molar-refractivity contribution in [2.75, 3.05) is 5.73 Å². The van der Waals surface area contributed by atoms with Crippen LogP contribution in [-0.2, 0) is 6.54 Å². The van der Waals surface area contributed by atoms with Gasteiger partial charge in [0.2, 0.25) is 0 Å². The second-order valence-electron chi connectivity index (χ2n) is 6.28. The Bertz CT molecular complexity index is 619. The first-order valence-electron chi connectivity index (χ1n) is 7.78. The highest BCUT2D eigenvalue weighted by Crippen LogP contribution is 2.31. The molecule has 1 saturated carbocycles. The number of hydrogen-bond donors (Lipinski definition) is 1. The molecule has 0 aliphatic heterocycles. The molecular formula is C16H23N5. The van der Waals surface area contributed by atoms with Crippen LogP contribution in [0, 0.1) is 18.8 Å². The van der Waals surface area contributed by atoms with Crippen molar-refractivity contribution >= 4 is 5.69 Å². The van der Waals surface area contributed by atoms with E-state index in [0.29, 0.717) is 5.92 Å². The van der Waals surface area contributed by atoms with Gasteiger partial charge in [-0.05, 0) is 59.4 Å². The van der Waals surface area contributed by atoms with Gasteiger partial charge in [0.05, 0.1) is 0 Å². The highest BCUT2D eigenvalue weighted by atomic mass is 15.5. The minimum Gasteiger partial charge on any atom is -0.399 e. The highest BCUT2D eigenvalue weighted by molar-refractivity contribution is 5.63. The van der Waals surface area contributed by atoms with Gasteiger partial charge in [-0.3, -0.25) is 0 Å². The average Bonchev–Trinajstić information content (AvgIpc) is 2.89. The zero-order valence-electron chi connectivity index (χ0n) is 12.8. The molecule has 1 heterocycles. The average molecular weight is 285 g/mol. The molecule has 0 amide bonds. The van der Waals surface area contributed by atoms with Gasteiger partial charge in [-0.25, -0.2) is 4.68 Å². The molecule has 2 aromatic rings. The zero-order chi connectivity index (χ0) is 14.8. The molecule has 2 N–H and O–H groups in total. The molecule has 0 spiro atoms. The Morgan fingerprint density at radius 1 is 1.29 bits per heavy atom. The predicted molar refractivity (Wildman–Crippen MR) is 83.5 cm³/mol. The van der Waals surface area contributed by atoms with Crippen LogP contribution >= 0.6 is 0 Å². The summed E-state index contributed by atoms with van der Waals surface area (Å²) in [7, 11) is 0. The number of aromatic nitrogens is 4. The van der Waals surface area contributed by atoms with Crippen LogP contribution in [0.15, 0.2) is 18.2 Å². The van der Waals surface area contributed by atoms with Crippen LogP contribution in [0.3, 0.4) is 0 Å². The van der Waals surface area contributed by atoms with Gasteiger partial charge < -0.3 is 5.73 Å². The second kappa shape index (κ2) is 5.84. The first-order valence-corrected chi connectivity index (χ1v) is 7.78. The Balaban J connectivity index is 1.86. The number of nitrogen functional groups attached to an aromatic ring is 1. The first kappa shape index (κ1) is 14.0. The number of anilines is 1. The highest BCUT2D eigenvalue weighted by Gasteiger charge is 2.23. The van der Waals surface area contributed by atoms with Gasteiger partial charge in [-0.2, -0.15) is 0 Å². The van der Waals surface area contributed by atoms with E-state index in [0.717, 1.165) is 35.1 Å². The van der Waals surface area contributed by atoms with Crippen LogP contribution in [0.25, 0.3) is 11.4 Å². The van der Waals surface area contributed by atoms with E-state index in [1.807, 2.05) is 29.8 Å². The Morgan fingerprint density at radius 3 is 2.86 bits per heavy atom. The molecule has 1 aliphatic rings. The largest absolute Gasteiger partial charge is 0.399 e. The van der Waals surface area contributed by atoms with Crippen molar-refractivity contribution in [2.45, 2.75) is 46.1 Å². The Labute approximate surface area is 125 Å². The van der Waals surface area contributed by atoms with E-state index in [1.54, 1.807) is 0 Å². The van der Waals surface area contributed by atoms with E-state index in [4.69, 9.17) is 5.73 Å². The van der Waals surface area contributed by atoms with Crippen molar-refractivity contribution in [3.05, 3.63) is 23.8 Å². The Hall–Kier alpha value is -1.91. The van der Waals surface area contributed by atoms with Crippen LogP contribution in [0.4, 0.5) is 5.69 Å². The molecule has 0 bridgehead atoms. The standard InChI is InChI=1S/C16H23N5/c1-11-5-3-4-6-13(11)10-21-16(18-19-20-21)15-8-7-14(17)9-12(15)2/h7-9,11,13H,3-6,10,17H2,1-2H3. The molecule has 0 radical (unpaired) electrons. The molecule has 3 rings (SSSR count). The maximum atomic E-state index is 5.83. The van der Waals surface area contributed by atoms with Crippen LogP contribution in [0.5, 0.6) is 0 Å². The fourth-order valence-corrected chi connectivity index (χ4v) is 3.34. The second-order valence-corrected chi connectivity index (χ2v) is 6.28. The van der Waals surface area contributed by atoms with E-state index in [9.17, 15) is 0 Å². The molecule has 1 aromatic carbocycles. The summed E-state index contributed by atoms with van der Waals surface area (Å²) in [5.41, 5.74) is 8.78. The topological polar surface area (TPSA) is 69.6 Å². The molecule has 5 nitrogen and oxygen atoms in total. The summed E-state index contributed by atoms with van der Waals surface area (Å²) in [6.45, 7) is 5.31. The maximum Gasteiger partial charge on any atom is 0.182 e. The van der Waals surface area contributed by atoms with Crippen molar-refractivity contribution in [2.24, 2.45) is 11.8 Å². The SMILES string of the molecule is Cc1cc(N)ccc1-c1nnnn1CC1CCCCC1C. The number of aryl methyl sites for hydroxylation is 1. The van der Waals surface area contributed by atoms with Gasteiger partial charge in [0.25, 0.3) is 0 Å². The van der Waals surface area contributed by atoms with Crippen LogP contribution in [0.2, 0.25) is 0 Å². The third-order valence-electron chi connectivity index (χ3n) is 4.72. The summed E-state index contributed by atoms with van der Waals surface area (Å²) in [6, 6.07) is 5.89. The van der Waals surface area contributed by atoms with E-state index >= 15 is 0 Å². The van der Waals surface area contributed by atoms with Crippen LogP contribution in [-0.4, -0.2) is 20.2 Å². The Kier molecular flexibility index (Phi) is 3.90. The first-order chi connectivity index (χ1) is 10.1. The number of nitrogens with zero attached hydrogens (tertiary/aromatic N) is 4. The molecule has 21 heavy (non-hydrogen) atoms. The number of rotatable bonds is 3. The van der Waals surface area contributed by atoms with Gasteiger partial charge in [-0.1, -0.05) is 26.2 Å². The number of hydrogen-bond acceptors (Lipinski definition) is 4. The summed E-state index contributed by atoms with van der Waals surface area (Å²) in [5.74, 6) is 2.28. The van der Waals surface area contributed by atoms with Gasteiger partial charge in [0.15, 0.2) is 5.82 Å². The van der Waals surface area contributed by atoms with E-state index in [-0.39, 0.29) is 0 Å². The molecule has 1 aromatic heterocycles. The smallest absolute Gasteiger partial charge is 0.182 e. The van der Waals surface area contributed by atoms with Gasteiger partial charge in [0.1, 0.15) is 0 Å². The summed E-state index contributed by atoms with van der Waals surface area (Å²) >= 11 is 0. The lowest BCUT2D eigenvalue weighted by atomic mass is 9.80. The summed E-state index contributed by atoms with van der Waals surface area (Å²) in [5, 5.41) is 12.3. The summed E-state index contributed by atoms with van der Waals surface area (Å²) in [6.07, 6.45) is 5.29. The lowest BCUT2D eigenvalue weighted by Crippen LogP contribution is -2.23. The number of tetrazole rings is 1. The predicted octanol–water partition coefficient (Wildman–Crippen LogP) is 3.06. The van der Waals surface area contributed by atoms with Crippen LogP contribution in [0.1, 0.15) is 38.2 Å². The van der Waals surface area contributed by atoms with E-state index in [2.05, 4.69) is 22.4 Å². The monoisotopic (exact) mass is 285 g/mol. The molecule has 5 heteroatoms. The molecule has 112 valence electrons.